The molecule has 5 rings (SSSR count). The number of aromatic nitrogens is 6. The van der Waals surface area contributed by atoms with E-state index in [1.54, 1.807) is 18.6 Å². The van der Waals surface area contributed by atoms with Crippen molar-refractivity contribution in [3.05, 3.63) is 59.8 Å². The minimum absolute atomic E-state index is 0.0514. The molecule has 1 aliphatic rings. The molecule has 5 heterocycles. The number of H-pyrrole nitrogens is 1. The zero-order valence-corrected chi connectivity index (χ0v) is 15.9. The minimum Gasteiger partial charge on any atom is -0.367 e. The van der Waals surface area contributed by atoms with Gasteiger partial charge in [0.1, 0.15) is 11.8 Å². The third kappa shape index (κ3) is 3.10. The maximum atomic E-state index is 6.16. The van der Waals surface area contributed by atoms with Crippen molar-refractivity contribution < 1.29 is 4.74 Å². The Morgan fingerprint density at radius 3 is 2.96 bits per heavy atom. The first-order valence-electron chi connectivity index (χ1n) is 9.02. The Morgan fingerprint density at radius 2 is 2.11 bits per heavy atom. The van der Waals surface area contributed by atoms with Crippen molar-refractivity contribution in [2.24, 2.45) is 0 Å². The Labute approximate surface area is 166 Å². The standard InChI is InChI=1S/C19H18ClN7O/c1-12-9-26(11-17(28-12)13-6-23-24-7-13)19-21-5-4-15(25-19)16-8-22-18-3-2-14(20)10-27(16)18/h2-8,10,12,17H,9,11H2,1H3,(H,23,24)/t12-,17-/m1/s1. The maximum absolute atomic E-state index is 6.16. The lowest BCUT2D eigenvalue weighted by atomic mass is 10.1. The van der Waals surface area contributed by atoms with Crippen LogP contribution in [0.3, 0.4) is 0 Å². The highest BCUT2D eigenvalue weighted by molar-refractivity contribution is 6.30. The smallest absolute Gasteiger partial charge is 0.226 e. The second-order valence-electron chi connectivity index (χ2n) is 6.83. The van der Waals surface area contributed by atoms with E-state index in [4.69, 9.17) is 21.3 Å². The molecule has 0 saturated carbocycles. The summed E-state index contributed by atoms with van der Waals surface area (Å²) in [5.74, 6) is 0.665. The summed E-state index contributed by atoms with van der Waals surface area (Å²) in [6.07, 6.45) is 9.04. The van der Waals surface area contributed by atoms with Crippen LogP contribution in [0.2, 0.25) is 5.02 Å². The summed E-state index contributed by atoms with van der Waals surface area (Å²) in [5, 5.41) is 7.52. The Kier molecular flexibility index (Phi) is 4.22. The number of imidazole rings is 1. The van der Waals surface area contributed by atoms with Crippen molar-refractivity contribution in [2.75, 3.05) is 18.0 Å². The molecule has 142 valence electrons. The summed E-state index contributed by atoms with van der Waals surface area (Å²) >= 11 is 6.16. The third-order valence-electron chi connectivity index (χ3n) is 4.81. The van der Waals surface area contributed by atoms with Crippen LogP contribution in [-0.4, -0.2) is 48.7 Å². The number of anilines is 1. The van der Waals surface area contributed by atoms with Crippen LogP contribution in [-0.2, 0) is 4.74 Å². The van der Waals surface area contributed by atoms with Gasteiger partial charge in [-0.05, 0) is 25.1 Å². The lowest BCUT2D eigenvalue weighted by molar-refractivity contribution is -0.0178. The van der Waals surface area contributed by atoms with E-state index >= 15 is 0 Å². The topological polar surface area (TPSA) is 84.2 Å². The minimum atomic E-state index is -0.0793. The number of pyridine rings is 1. The van der Waals surface area contributed by atoms with Crippen molar-refractivity contribution in [3.63, 3.8) is 0 Å². The Balaban J connectivity index is 1.49. The van der Waals surface area contributed by atoms with Crippen molar-refractivity contribution in [3.8, 4) is 11.4 Å². The van der Waals surface area contributed by atoms with E-state index in [1.807, 2.05) is 35.0 Å². The zero-order chi connectivity index (χ0) is 19.1. The second-order valence-corrected chi connectivity index (χ2v) is 7.27. The van der Waals surface area contributed by atoms with Gasteiger partial charge in [0.05, 0.1) is 41.5 Å². The van der Waals surface area contributed by atoms with Gasteiger partial charge in [0.2, 0.25) is 5.95 Å². The summed E-state index contributed by atoms with van der Waals surface area (Å²) in [6, 6.07) is 5.59. The number of hydrogen-bond acceptors (Lipinski definition) is 6. The van der Waals surface area contributed by atoms with E-state index in [9.17, 15) is 0 Å². The van der Waals surface area contributed by atoms with Crippen molar-refractivity contribution in [1.29, 1.82) is 0 Å². The predicted octanol–water partition coefficient (Wildman–Crippen LogP) is 3.13. The second kappa shape index (κ2) is 6.88. The van der Waals surface area contributed by atoms with Crippen molar-refractivity contribution in [1.82, 2.24) is 29.5 Å². The maximum Gasteiger partial charge on any atom is 0.226 e. The van der Waals surface area contributed by atoms with Gasteiger partial charge >= 0.3 is 0 Å². The lowest BCUT2D eigenvalue weighted by Crippen LogP contribution is -2.43. The van der Waals surface area contributed by atoms with E-state index in [0.29, 0.717) is 17.5 Å². The molecular weight excluding hydrogens is 378 g/mol. The zero-order valence-electron chi connectivity index (χ0n) is 15.2. The van der Waals surface area contributed by atoms with Gasteiger partial charge in [0.15, 0.2) is 0 Å². The van der Waals surface area contributed by atoms with E-state index in [2.05, 4.69) is 32.0 Å². The highest BCUT2D eigenvalue weighted by Crippen LogP contribution is 2.28. The molecule has 4 aromatic rings. The Hall–Kier alpha value is -2.97. The number of aromatic amines is 1. The highest BCUT2D eigenvalue weighted by atomic mass is 35.5. The molecule has 0 radical (unpaired) electrons. The summed E-state index contributed by atoms with van der Waals surface area (Å²) in [6.45, 7) is 3.43. The molecule has 28 heavy (non-hydrogen) atoms. The van der Waals surface area contributed by atoms with Crippen LogP contribution in [0.15, 0.2) is 49.2 Å². The highest BCUT2D eigenvalue weighted by Gasteiger charge is 2.28. The van der Waals surface area contributed by atoms with Gasteiger partial charge < -0.3 is 9.64 Å². The van der Waals surface area contributed by atoms with Gasteiger partial charge in [0, 0.05) is 30.7 Å². The molecule has 0 bridgehead atoms. The molecule has 0 aliphatic carbocycles. The number of hydrogen-bond donors (Lipinski definition) is 1. The van der Waals surface area contributed by atoms with Crippen LogP contribution < -0.4 is 4.90 Å². The van der Waals surface area contributed by atoms with Gasteiger partial charge in [-0.25, -0.2) is 15.0 Å². The SMILES string of the molecule is C[C@@H]1CN(c2nccc(-c3cnc4ccc(Cl)cn34)n2)C[C@H](c2cn[nH]c2)O1. The normalized spacial score (nSPS) is 20.0. The first-order valence-corrected chi connectivity index (χ1v) is 9.40. The molecular formula is C19H18ClN7O. The van der Waals surface area contributed by atoms with Crippen LogP contribution in [0.1, 0.15) is 18.6 Å². The van der Waals surface area contributed by atoms with Crippen LogP contribution in [0, 0.1) is 0 Å². The molecule has 4 aromatic heterocycles. The molecule has 0 amide bonds. The third-order valence-corrected chi connectivity index (χ3v) is 5.03. The summed E-state index contributed by atoms with van der Waals surface area (Å²) in [7, 11) is 0. The van der Waals surface area contributed by atoms with E-state index in [0.717, 1.165) is 29.1 Å². The number of halogens is 1. The molecule has 9 heteroatoms. The molecule has 2 atom stereocenters. The average molecular weight is 396 g/mol. The van der Waals surface area contributed by atoms with E-state index in [-0.39, 0.29) is 12.2 Å². The number of rotatable bonds is 3. The Morgan fingerprint density at radius 1 is 1.18 bits per heavy atom. The number of fused-ring (bicyclic) bond motifs is 1. The first kappa shape index (κ1) is 17.2. The molecule has 0 aromatic carbocycles. The van der Waals surface area contributed by atoms with Gasteiger partial charge in [-0.1, -0.05) is 11.6 Å². The quantitative estimate of drug-likeness (QED) is 0.573. The van der Waals surface area contributed by atoms with Gasteiger partial charge in [0.25, 0.3) is 0 Å². The molecule has 1 saturated heterocycles. The number of ether oxygens (including phenoxy) is 1. The fraction of sp³-hybridized carbons (Fsp3) is 0.263. The van der Waals surface area contributed by atoms with Gasteiger partial charge in [-0.3, -0.25) is 9.50 Å². The monoisotopic (exact) mass is 395 g/mol. The molecule has 0 unspecified atom stereocenters. The van der Waals surface area contributed by atoms with Gasteiger partial charge in [-0.15, -0.1) is 0 Å². The van der Waals surface area contributed by atoms with Crippen LogP contribution in [0.5, 0.6) is 0 Å². The van der Waals surface area contributed by atoms with Crippen LogP contribution in [0.25, 0.3) is 17.0 Å². The average Bonchev–Trinajstić information content (AvgIpc) is 3.37. The van der Waals surface area contributed by atoms with Crippen molar-refractivity contribution >= 4 is 23.2 Å². The molecule has 1 aliphatic heterocycles. The number of nitrogens with zero attached hydrogens (tertiary/aromatic N) is 6. The van der Waals surface area contributed by atoms with Crippen LogP contribution in [0.4, 0.5) is 5.95 Å². The lowest BCUT2D eigenvalue weighted by Gasteiger charge is -2.36. The Bertz CT molecular complexity index is 1110. The molecule has 1 N–H and O–H groups in total. The molecule has 8 nitrogen and oxygen atoms in total. The summed E-state index contributed by atoms with van der Waals surface area (Å²) < 4.78 is 8.00. The largest absolute Gasteiger partial charge is 0.367 e. The number of morpholine rings is 1. The van der Waals surface area contributed by atoms with Crippen LogP contribution >= 0.6 is 11.6 Å². The fourth-order valence-electron chi connectivity index (χ4n) is 3.52. The predicted molar refractivity (Wildman–Crippen MR) is 105 cm³/mol. The van der Waals surface area contributed by atoms with Crippen molar-refractivity contribution in [2.45, 2.75) is 19.1 Å². The number of nitrogens with one attached hydrogen (secondary N) is 1. The van der Waals surface area contributed by atoms with Gasteiger partial charge in [-0.2, -0.15) is 5.10 Å². The molecule has 0 spiro atoms. The van der Waals surface area contributed by atoms with E-state index in [1.165, 1.54) is 0 Å². The first-order chi connectivity index (χ1) is 13.7. The van der Waals surface area contributed by atoms with E-state index < -0.39 is 0 Å². The summed E-state index contributed by atoms with van der Waals surface area (Å²) in [4.78, 5) is 15.9. The fourth-order valence-corrected chi connectivity index (χ4v) is 3.68. The molecule has 1 fully saturated rings. The summed E-state index contributed by atoms with van der Waals surface area (Å²) in [5.41, 5.74) is 3.50.